The van der Waals surface area contributed by atoms with Gasteiger partial charge in [-0.1, -0.05) is 6.42 Å². The monoisotopic (exact) mass is 327 g/mol. The summed E-state index contributed by atoms with van der Waals surface area (Å²) in [5, 5.41) is 4.52. The second-order valence-corrected chi connectivity index (χ2v) is 8.45. The molecule has 2 aliphatic heterocycles. The van der Waals surface area contributed by atoms with E-state index in [1.807, 2.05) is 18.5 Å². The summed E-state index contributed by atoms with van der Waals surface area (Å²) in [5.74, 6) is 0. The largest absolute Gasteiger partial charge is 0.316 e. The molecular weight excluding hydrogens is 300 g/mol. The quantitative estimate of drug-likeness (QED) is 0.866. The minimum Gasteiger partial charge on any atom is -0.316 e. The average molecular weight is 327 g/mol. The summed E-state index contributed by atoms with van der Waals surface area (Å²) in [6, 6.07) is 0. The molecule has 124 valence electrons. The van der Waals surface area contributed by atoms with Crippen LogP contribution < -0.4 is 4.90 Å². The van der Waals surface area contributed by atoms with Crippen molar-refractivity contribution < 1.29 is 13.3 Å². The maximum Gasteiger partial charge on any atom is 0.246 e. The van der Waals surface area contributed by atoms with Crippen LogP contribution in [0.5, 0.6) is 0 Å². The van der Waals surface area contributed by atoms with E-state index in [0.717, 1.165) is 44.7 Å². The average Bonchev–Trinajstić information content (AvgIpc) is 3.09. The van der Waals surface area contributed by atoms with Crippen LogP contribution in [0.4, 0.5) is 0 Å². The molecule has 0 bridgehead atoms. The van der Waals surface area contributed by atoms with E-state index < -0.39 is 10.0 Å². The fraction of sp³-hybridized carbons (Fsp3) is 0.800. The highest BCUT2D eigenvalue weighted by Gasteiger charge is 2.32. The molecular formula is C15H27N4O2S+. The van der Waals surface area contributed by atoms with Crippen molar-refractivity contribution in [3.05, 3.63) is 11.4 Å². The van der Waals surface area contributed by atoms with Gasteiger partial charge in [0.1, 0.15) is 4.90 Å². The number of sulfonamides is 1. The molecule has 3 heterocycles. The van der Waals surface area contributed by atoms with E-state index in [1.54, 1.807) is 4.31 Å². The summed E-state index contributed by atoms with van der Waals surface area (Å²) in [6.07, 6.45) is 5.56. The number of likely N-dealkylation sites (tertiary alicyclic amines) is 1. The van der Waals surface area contributed by atoms with Crippen LogP contribution in [0.1, 0.15) is 43.5 Å². The molecule has 22 heavy (non-hydrogen) atoms. The summed E-state index contributed by atoms with van der Waals surface area (Å²) >= 11 is 0. The Bertz CT molecular complexity index is 626. The number of rotatable bonds is 4. The number of hydrogen-bond donors (Lipinski definition) is 1. The molecule has 0 aromatic carbocycles. The van der Waals surface area contributed by atoms with E-state index in [1.165, 1.54) is 17.7 Å². The van der Waals surface area contributed by atoms with Crippen LogP contribution in [0, 0.1) is 13.8 Å². The third-order valence-electron chi connectivity index (χ3n) is 4.91. The van der Waals surface area contributed by atoms with E-state index in [2.05, 4.69) is 5.10 Å². The number of hydrogen-bond acceptors (Lipinski definition) is 3. The third-order valence-corrected chi connectivity index (χ3v) is 7.06. The molecule has 0 amide bonds. The standard InChI is InChI=1S/C15H26N4O2S/c1-13-15(22(20,21)18-10-4-3-5-11-18)14(2)19(16-13)12-17-8-6-7-9-17/h3-12H2,1-2H3/p+1. The van der Waals surface area contributed by atoms with E-state index >= 15 is 0 Å². The Hall–Kier alpha value is -0.920. The Kier molecular flexibility index (Phi) is 4.56. The van der Waals surface area contributed by atoms with Gasteiger partial charge in [0.05, 0.1) is 24.5 Å². The lowest BCUT2D eigenvalue weighted by molar-refractivity contribution is -0.911. The highest BCUT2D eigenvalue weighted by molar-refractivity contribution is 7.89. The van der Waals surface area contributed by atoms with Crippen LogP contribution in [-0.4, -0.2) is 48.7 Å². The van der Waals surface area contributed by atoms with Gasteiger partial charge in [0, 0.05) is 25.9 Å². The first-order valence-corrected chi connectivity index (χ1v) is 9.82. The zero-order chi connectivity index (χ0) is 15.7. The highest BCUT2D eigenvalue weighted by Crippen LogP contribution is 2.25. The molecule has 0 atom stereocenters. The van der Waals surface area contributed by atoms with Gasteiger partial charge >= 0.3 is 0 Å². The number of nitrogens with zero attached hydrogens (tertiary/aromatic N) is 3. The number of nitrogens with one attached hydrogen (secondary N) is 1. The van der Waals surface area contributed by atoms with Crippen molar-refractivity contribution in [2.24, 2.45) is 0 Å². The van der Waals surface area contributed by atoms with Gasteiger partial charge < -0.3 is 4.90 Å². The molecule has 2 saturated heterocycles. The molecule has 7 heteroatoms. The van der Waals surface area contributed by atoms with E-state index in [9.17, 15) is 8.42 Å². The molecule has 0 radical (unpaired) electrons. The Morgan fingerprint density at radius 1 is 1.05 bits per heavy atom. The van der Waals surface area contributed by atoms with E-state index in [0.29, 0.717) is 23.7 Å². The predicted molar refractivity (Wildman–Crippen MR) is 84.2 cm³/mol. The first-order chi connectivity index (χ1) is 10.5. The van der Waals surface area contributed by atoms with Crippen molar-refractivity contribution >= 4 is 10.0 Å². The first kappa shape index (κ1) is 16.0. The topological polar surface area (TPSA) is 59.6 Å². The number of aromatic nitrogens is 2. The van der Waals surface area contributed by atoms with Gasteiger partial charge in [-0.25, -0.2) is 13.1 Å². The molecule has 6 nitrogen and oxygen atoms in total. The Morgan fingerprint density at radius 3 is 2.32 bits per heavy atom. The Balaban J connectivity index is 1.88. The molecule has 2 fully saturated rings. The lowest BCUT2D eigenvalue weighted by Gasteiger charge is -2.26. The van der Waals surface area contributed by atoms with Crippen LogP contribution in [0.25, 0.3) is 0 Å². The summed E-state index contributed by atoms with van der Waals surface area (Å²) in [4.78, 5) is 1.93. The van der Waals surface area contributed by atoms with Crippen molar-refractivity contribution in [1.82, 2.24) is 14.1 Å². The van der Waals surface area contributed by atoms with Crippen molar-refractivity contribution in [3.8, 4) is 0 Å². The van der Waals surface area contributed by atoms with Crippen LogP contribution in [-0.2, 0) is 16.7 Å². The van der Waals surface area contributed by atoms with Gasteiger partial charge in [0.15, 0.2) is 6.67 Å². The molecule has 0 spiro atoms. The van der Waals surface area contributed by atoms with Crippen molar-refractivity contribution in [2.75, 3.05) is 26.2 Å². The highest BCUT2D eigenvalue weighted by atomic mass is 32.2. The second-order valence-electron chi connectivity index (χ2n) is 6.58. The third kappa shape index (κ3) is 2.94. The maximum absolute atomic E-state index is 12.9. The molecule has 1 N–H and O–H groups in total. The van der Waals surface area contributed by atoms with Crippen LogP contribution in [0.3, 0.4) is 0 Å². The molecule has 0 saturated carbocycles. The fourth-order valence-electron chi connectivity index (χ4n) is 3.69. The van der Waals surface area contributed by atoms with Crippen LogP contribution >= 0.6 is 0 Å². The lowest BCUT2D eigenvalue weighted by atomic mass is 10.2. The summed E-state index contributed by atoms with van der Waals surface area (Å²) < 4.78 is 29.4. The Labute approximate surface area is 133 Å². The molecule has 3 rings (SSSR count). The van der Waals surface area contributed by atoms with Crippen LogP contribution in [0.2, 0.25) is 0 Å². The van der Waals surface area contributed by atoms with Gasteiger partial charge in [0.25, 0.3) is 0 Å². The fourth-order valence-corrected chi connectivity index (χ4v) is 5.58. The first-order valence-electron chi connectivity index (χ1n) is 8.38. The number of quaternary nitrogens is 1. The minimum absolute atomic E-state index is 0.438. The van der Waals surface area contributed by atoms with Gasteiger partial charge in [-0.3, -0.25) is 0 Å². The number of piperidine rings is 1. The van der Waals surface area contributed by atoms with Crippen molar-refractivity contribution in [1.29, 1.82) is 0 Å². The molecule has 1 aromatic rings. The molecule has 2 aliphatic rings. The summed E-state index contributed by atoms with van der Waals surface area (Å²) in [7, 11) is -3.40. The lowest BCUT2D eigenvalue weighted by Crippen LogP contribution is -3.09. The van der Waals surface area contributed by atoms with Crippen molar-refractivity contribution in [3.63, 3.8) is 0 Å². The van der Waals surface area contributed by atoms with Gasteiger partial charge in [-0.05, 0) is 26.7 Å². The number of aryl methyl sites for hydroxylation is 1. The SMILES string of the molecule is Cc1nn(C[NH+]2CCCC2)c(C)c1S(=O)(=O)N1CCCCC1. The van der Waals surface area contributed by atoms with Crippen LogP contribution in [0.15, 0.2) is 4.90 Å². The maximum atomic E-state index is 12.9. The molecule has 1 aromatic heterocycles. The smallest absolute Gasteiger partial charge is 0.246 e. The predicted octanol–water partition coefficient (Wildman–Crippen LogP) is 0.311. The second kappa shape index (κ2) is 6.29. The molecule has 0 aliphatic carbocycles. The van der Waals surface area contributed by atoms with E-state index in [-0.39, 0.29) is 0 Å². The van der Waals surface area contributed by atoms with Gasteiger partial charge in [-0.2, -0.15) is 9.40 Å². The normalized spacial score (nSPS) is 21.5. The van der Waals surface area contributed by atoms with Crippen molar-refractivity contribution in [2.45, 2.75) is 57.5 Å². The minimum atomic E-state index is -3.40. The zero-order valence-electron chi connectivity index (χ0n) is 13.6. The Morgan fingerprint density at radius 2 is 1.68 bits per heavy atom. The summed E-state index contributed by atoms with van der Waals surface area (Å²) in [5.41, 5.74) is 1.43. The van der Waals surface area contributed by atoms with E-state index in [4.69, 9.17) is 0 Å². The zero-order valence-corrected chi connectivity index (χ0v) is 14.5. The summed E-state index contributed by atoms with van der Waals surface area (Å²) in [6.45, 7) is 8.10. The van der Waals surface area contributed by atoms with Gasteiger partial charge in [-0.15, -0.1) is 0 Å². The molecule has 0 unspecified atom stereocenters. The van der Waals surface area contributed by atoms with Gasteiger partial charge in [0.2, 0.25) is 10.0 Å².